The minimum Gasteiger partial charge on any atom is -0.425 e. The van der Waals surface area contributed by atoms with E-state index in [1.54, 1.807) is 4.74 Å². The van der Waals surface area contributed by atoms with E-state index in [2.05, 4.69) is 0 Å². The number of alkyl halides is 12. The third-order valence-corrected chi connectivity index (χ3v) is 1.67. The Hall–Kier alpha value is -1.37. The number of esters is 1. The third kappa shape index (κ3) is 3.03. The second kappa shape index (κ2) is 4.58. The number of hydrogen-bond acceptors (Lipinski definition) is 2. The maximum atomic E-state index is 12.0. The summed E-state index contributed by atoms with van der Waals surface area (Å²) in [5.41, 5.74) is -7.28. The van der Waals surface area contributed by atoms with Gasteiger partial charge in [0.2, 0.25) is 0 Å². The number of hydrogen-bond donors (Lipinski definition) is 0. The lowest BCUT2D eigenvalue weighted by Gasteiger charge is -2.37. The van der Waals surface area contributed by atoms with Crippen LogP contribution in [0.2, 0.25) is 0 Å². The molecule has 2 nitrogen and oxygen atoms in total. The molecule has 0 rings (SSSR count). The highest BCUT2D eigenvalue weighted by Gasteiger charge is 2.88. The summed E-state index contributed by atoms with van der Waals surface area (Å²) in [6, 6.07) is 0. The van der Waals surface area contributed by atoms with E-state index < -0.39 is 36.3 Å². The molecule has 0 spiro atoms. The molecule has 0 atom stereocenters. The molecule has 0 bridgehead atoms. The summed E-state index contributed by atoms with van der Waals surface area (Å²) >= 11 is 0. The molecular formula is C6F12O2. The summed E-state index contributed by atoms with van der Waals surface area (Å²) in [7, 11) is 0. The van der Waals surface area contributed by atoms with Crippen molar-refractivity contribution in [1.29, 1.82) is 0 Å². The minimum absolute atomic E-state index is 1.76. The van der Waals surface area contributed by atoms with Crippen LogP contribution < -0.4 is 0 Å². The van der Waals surface area contributed by atoms with E-state index in [1.807, 2.05) is 0 Å². The van der Waals surface area contributed by atoms with Gasteiger partial charge in [0.25, 0.3) is 0 Å². The highest BCUT2D eigenvalue weighted by molar-refractivity contribution is 5.76. The van der Waals surface area contributed by atoms with Gasteiger partial charge in [0, 0.05) is 0 Å². The summed E-state index contributed by atoms with van der Waals surface area (Å²) in [4.78, 5) is 9.97. The van der Waals surface area contributed by atoms with Gasteiger partial charge < -0.3 is 4.74 Å². The van der Waals surface area contributed by atoms with Gasteiger partial charge in [-0.2, -0.15) is 52.7 Å². The van der Waals surface area contributed by atoms with Gasteiger partial charge in [-0.25, -0.2) is 4.79 Å². The standard InChI is InChI=1S/C6F12O2/c7-2(8,9)1(19)20-3(4(10,11)12,5(13,14)15)6(16,17)18. The smallest absolute Gasteiger partial charge is 0.425 e. The van der Waals surface area contributed by atoms with Crippen molar-refractivity contribution in [2.75, 3.05) is 0 Å². The molecule has 0 radical (unpaired) electrons. The summed E-state index contributed by atoms with van der Waals surface area (Å²) in [5, 5.41) is 0. The fourth-order valence-electron chi connectivity index (χ4n) is 0.853. The van der Waals surface area contributed by atoms with Crippen LogP contribution in [0, 0.1) is 0 Å². The van der Waals surface area contributed by atoms with Crippen LogP contribution in [0.5, 0.6) is 0 Å². The molecule has 0 unspecified atom stereocenters. The molecule has 0 aliphatic carbocycles. The zero-order valence-corrected chi connectivity index (χ0v) is 8.35. The van der Waals surface area contributed by atoms with Crippen molar-refractivity contribution >= 4 is 5.97 Å². The first-order valence-corrected chi connectivity index (χ1v) is 3.88. The predicted octanol–water partition coefficient (Wildman–Crippen LogP) is 3.52. The fourth-order valence-corrected chi connectivity index (χ4v) is 0.853. The zero-order chi connectivity index (χ0) is 16.8. The Labute approximate surface area is 99.8 Å². The van der Waals surface area contributed by atoms with Crippen molar-refractivity contribution in [3.63, 3.8) is 0 Å². The number of halogens is 12. The molecule has 0 aliphatic heterocycles. The van der Waals surface area contributed by atoms with Crippen molar-refractivity contribution in [1.82, 2.24) is 0 Å². The van der Waals surface area contributed by atoms with Crippen LogP contribution in [-0.2, 0) is 9.53 Å². The van der Waals surface area contributed by atoms with Crippen molar-refractivity contribution < 1.29 is 62.2 Å². The second-order valence-electron chi connectivity index (χ2n) is 3.06. The Balaban J connectivity index is 6.15. The Bertz CT molecular complexity index is 331. The van der Waals surface area contributed by atoms with Crippen LogP contribution in [0.15, 0.2) is 0 Å². The SMILES string of the molecule is O=C(OC(C(F)(F)F)(C(F)(F)F)C(F)(F)F)C(F)(F)F. The molecule has 0 amide bonds. The minimum atomic E-state index is -7.41. The summed E-state index contributed by atoms with van der Waals surface area (Å²) in [5.74, 6) is -4.29. The Morgan fingerprint density at radius 3 is 1.00 bits per heavy atom. The number of carbonyl (C=O) groups is 1. The van der Waals surface area contributed by atoms with Crippen LogP contribution in [0.3, 0.4) is 0 Å². The second-order valence-corrected chi connectivity index (χ2v) is 3.06. The van der Waals surface area contributed by atoms with Crippen LogP contribution in [-0.4, -0.2) is 36.3 Å². The Kier molecular flexibility index (Phi) is 4.27. The molecule has 14 heteroatoms. The lowest BCUT2D eigenvalue weighted by atomic mass is 10.0. The lowest BCUT2D eigenvalue weighted by Crippen LogP contribution is -2.69. The number of rotatable bonds is 1. The molecule has 0 heterocycles. The molecule has 0 aromatic rings. The van der Waals surface area contributed by atoms with Crippen molar-refractivity contribution in [3.8, 4) is 0 Å². The maximum Gasteiger partial charge on any atom is 0.490 e. The van der Waals surface area contributed by atoms with Crippen LogP contribution in [0.1, 0.15) is 0 Å². The van der Waals surface area contributed by atoms with Crippen molar-refractivity contribution in [2.24, 2.45) is 0 Å². The quantitative estimate of drug-likeness (QED) is 0.543. The monoisotopic (exact) mass is 332 g/mol. The molecular weight excluding hydrogens is 332 g/mol. The average Bonchev–Trinajstić information content (AvgIpc) is 2.04. The van der Waals surface area contributed by atoms with Crippen molar-refractivity contribution in [2.45, 2.75) is 30.3 Å². The molecule has 0 saturated carbocycles. The summed E-state index contributed by atoms with van der Waals surface area (Å²) < 4.78 is 145. The van der Waals surface area contributed by atoms with Gasteiger partial charge in [-0.15, -0.1) is 0 Å². The van der Waals surface area contributed by atoms with Gasteiger partial charge in [0.15, 0.2) is 0 Å². The highest BCUT2D eigenvalue weighted by Crippen LogP contribution is 2.55. The van der Waals surface area contributed by atoms with Gasteiger partial charge in [-0.1, -0.05) is 0 Å². The predicted molar refractivity (Wildman–Crippen MR) is 33.0 cm³/mol. The topological polar surface area (TPSA) is 26.3 Å². The summed E-state index contributed by atoms with van der Waals surface area (Å²) in [6.45, 7) is 0. The van der Waals surface area contributed by atoms with E-state index >= 15 is 0 Å². The average molecular weight is 332 g/mol. The molecule has 0 N–H and O–H groups in total. The van der Waals surface area contributed by atoms with Crippen molar-refractivity contribution in [3.05, 3.63) is 0 Å². The van der Waals surface area contributed by atoms with E-state index in [9.17, 15) is 57.5 Å². The van der Waals surface area contributed by atoms with E-state index in [0.717, 1.165) is 0 Å². The van der Waals surface area contributed by atoms with Crippen LogP contribution in [0.4, 0.5) is 52.7 Å². The lowest BCUT2D eigenvalue weighted by molar-refractivity contribution is -0.449. The van der Waals surface area contributed by atoms with E-state index in [4.69, 9.17) is 0 Å². The van der Waals surface area contributed by atoms with Crippen LogP contribution >= 0.6 is 0 Å². The highest BCUT2D eigenvalue weighted by atomic mass is 19.4. The zero-order valence-electron chi connectivity index (χ0n) is 8.35. The van der Waals surface area contributed by atoms with Gasteiger partial charge in [-0.05, 0) is 0 Å². The normalized spacial score (nSPS) is 15.2. The number of carbonyl (C=O) groups excluding carboxylic acids is 1. The fraction of sp³-hybridized carbons (Fsp3) is 0.833. The van der Waals surface area contributed by atoms with Gasteiger partial charge in [0.05, 0.1) is 0 Å². The molecule has 0 fully saturated rings. The molecule has 20 heavy (non-hydrogen) atoms. The summed E-state index contributed by atoms with van der Waals surface area (Å²) in [6.07, 6.45) is -28.7. The molecule has 0 aromatic heterocycles. The Morgan fingerprint density at radius 2 is 0.850 bits per heavy atom. The van der Waals surface area contributed by atoms with Crippen LogP contribution in [0.25, 0.3) is 0 Å². The molecule has 0 aromatic carbocycles. The van der Waals surface area contributed by atoms with E-state index in [1.165, 1.54) is 0 Å². The van der Waals surface area contributed by atoms with E-state index in [0.29, 0.717) is 0 Å². The molecule has 0 saturated heterocycles. The Morgan fingerprint density at radius 1 is 0.600 bits per heavy atom. The van der Waals surface area contributed by atoms with Gasteiger partial charge in [-0.3, -0.25) is 0 Å². The first-order valence-electron chi connectivity index (χ1n) is 3.88. The third-order valence-electron chi connectivity index (χ3n) is 1.67. The largest absolute Gasteiger partial charge is 0.490 e. The van der Waals surface area contributed by atoms with Gasteiger partial charge in [0.1, 0.15) is 0 Å². The molecule has 0 aliphatic rings. The van der Waals surface area contributed by atoms with E-state index in [-0.39, 0.29) is 0 Å². The first-order chi connectivity index (χ1) is 8.38. The maximum absolute atomic E-state index is 12.0. The first kappa shape index (κ1) is 18.6. The van der Waals surface area contributed by atoms with Gasteiger partial charge >= 0.3 is 36.3 Å². The number of ether oxygens (including phenoxy) is 1. The molecule has 120 valence electrons.